The lowest BCUT2D eigenvalue weighted by atomic mass is 10.3. The van der Waals surface area contributed by atoms with E-state index in [1.54, 1.807) is 6.07 Å². The molecule has 1 unspecified atom stereocenters. The molecule has 0 bridgehead atoms. The van der Waals surface area contributed by atoms with Crippen LogP contribution in [0.25, 0.3) is 0 Å². The Morgan fingerprint density at radius 2 is 2.05 bits per heavy atom. The number of thioether (sulfide) groups is 1. The third-order valence-electron chi connectivity index (χ3n) is 2.79. The molecular formula is C12H16N2O4S3. The monoisotopic (exact) mass is 348 g/mol. The molecule has 3 N–H and O–H groups in total. The van der Waals surface area contributed by atoms with Gasteiger partial charge in [0.05, 0.1) is 17.5 Å². The van der Waals surface area contributed by atoms with Gasteiger partial charge in [0.2, 0.25) is 10.0 Å². The number of sulfonamides is 1. The summed E-state index contributed by atoms with van der Waals surface area (Å²) in [6.07, 6.45) is 1.36. The van der Waals surface area contributed by atoms with E-state index in [-0.39, 0.29) is 11.5 Å². The Bertz CT molecular complexity index is 742. The molecule has 1 heterocycles. The first-order chi connectivity index (χ1) is 9.77. The molecule has 0 saturated carbocycles. The molecule has 0 radical (unpaired) electrons. The Balaban J connectivity index is 1.85. The molecule has 1 aromatic rings. The van der Waals surface area contributed by atoms with Crippen molar-refractivity contribution in [3.8, 4) is 0 Å². The van der Waals surface area contributed by atoms with Crippen LogP contribution in [0.2, 0.25) is 0 Å². The van der Waals surface area contributed by atoms with Gasteiger partial charge in [-0.25, -0.2) is 21.6 Å². The summed E-state index contributed by atoms with van der Waals surface area (Å²) in [7, 11) is -6.79. The number of nitrogens with one attached hydrogen (secondary N) is 1. The summed E-state index contributed by atoms with van der Waals surface area (Å²) in [5.74, 6) is 0.0220. The topological polar surface area (TPSA) is 106 Å². The van der Waals surface area contributed by atoms with E-state index < -0.39 is 25.9 Å². The summed E-state index contributed by atoms with van der Waals surface area (Å²) < 4.78 is 48.6. The van der Waals surface area contributed by atoms with Crippen molar-refractivity contribution in [2.45, 2.75) is 10.9 Å². The fraction of sp³-hybridized carbons (Fsp3) is 0.333. The Morgan fingerprint density at radius 1 is 1.33 bits per heavy atom. The standard InChI is InChI=1S/C12H16N2O4S3/c13-11-3-1-2-4-12(11)19-6-8-21(17,18)14-10-5-7-20(15,16)9-10/h1-5,7,10,14H,6,8-9,13H2. The molecule has 0 aromatic heterocycles. The van der Waals surface area contributed by atoms with Crippen molar-refractivity contribution in [1.29, 1.82) is 0 Å². The number of nitrogens with two attached hydrogens (primary N) is 1. The average molecular weight is 348 g/mol. The quantitative estimate of drug-likeness (QED) is 0.576. The maximum atomic E-state index is 11.9. The van der Waals surface area contributed by atoms with E-state index in [1.807, 2.05) is 18.2 Å². The molecule has 1 aliphatic rings. The number of sulfone groups is 1. The largest absolute Gasteiger partial charge is 0.398 e. The lowest BCUT2D eigenvalue weighted by Crippen LogP contribution is -2.37. The second-order valence-corrected chi connectivity index (χ2v) is 9.53. The second-order valence-electron chi connectivity index (χ2n) is 4.59. The maximum absolute atomic E-state index is 11.9. The normalized spacial score (nSPS) is 20.7. The van der Waals surface area contributed by atoms with Crippen LogP contribution < -0.4 is 10.5 Å². The molecule has 0 saturated heterocycles. The zero-order valence-corrected chi connectivity index (χ0v) is 13.5. The van der Waals surface area contributed by atoms with Crippen LogP contribution >= 0.6 is 11.8 Å². The first kappa shape index (κ1) is 16.3. The number of nitrogen functional groups attached to an aromatic ring is 1. The highest BCUT2D eigenvalue weighted by molar-refractivity contribution is 8.00. The molecule has 21 heavy (non-hydrogen) atoms. The van der Waals surface area contributed by atoms with Gasteiger partial charge >= 0.3 is 0 Å². The lowest BCUT2D eigenvalue weighted by Gasteiger charge is -2.11. The maximum Gasteiger partial charge on any atom is 0.212 e. The van der Waals surface area contributed by atoms with Crippen LogP contribution in [0.3, 0.4) is 0 Å². The minimum atomic E-state index is -3.53. The van der Waals surface area contributed by atoms with Crippen LogP contribution in [0, 0.1) is 0 Å². The molecule has 116 valence electrons. The molecule has 0 aliphatic carbocycles. The molecular weight excluding hydrogens is 332 g/mol. The van der Waals surface area contributed by atoms with Crippen LogP contribution in [-0.2, 0) is 19.9 Å². The van der Waals surface area contributed by atoms with Crippen LogP contribution in [0.4, 0.5) is 5.69 Å². The van der Waals surface area contributed by atoms with E-state index in [9.17, 15) is 16.8 Å². The van der Waals surface area contributed by atoms with Crippen molar-refractivity contribution < 1.29 is 16.8 Å². The minimum Gasteiger partial charge on any atom is -0.398 e. The Labute approximate surface area is 128 Å². The van der Waals surface area contributed by atoms with Gasteiger partial charge in [-0.2, -0.15) is 0 Å². The van der Waals surface area contributed by atoms with E-state index in [0.717, 1.165) is 10.3 Å². The molecule has 6 nitrogen and oxygen atoms in total. The summed E-state index contributed by atoms with van der Waals surface area (Å²) in [5, 5.41) is 1.04. The SMILES string of the molecule is Nc1ccccc1SCCS(=O)(=O)NC1C=CS(=O)(=O)C1. The van der Waals surface area contributed by atoms with Gasteiger partial charge in [-0.15, -0.1) is 11.8 Å². The molecule has 0 fully saturated rings. The van der Waals surface area contributed by atoms with Crippen LogP contribution in [-0.4, -0.2) is 40.1 Å². The van der Waals surface area contributed by atoms with Crippen molar-refractivity contribution >= 4 is 37.3 Å². The van der Waals surface area contributed by atoms with E-state index in [0.29, 0.717) is 11.4 Å². The summed E-state index contributed by atoms with van der Waals surface area (Å²) in [5.41, 5.74) is 6.38. The Hall–Kier alpha value is -1.03. The van der Waals surface area contributed by atoms with Gasteiger partial charge in [-0.1, -0.05) is 18.2 Å². The molecule has 1 aliphatic heterocycles. The molecule has 2 rings (SSSR count). The van der Waals surface area contributed by atoms with Gasteiger partial charge in [0.25, 0.3) is 0 Å². The number of rotatable bonds is 6. The second kappa shape index (κ2) is 6.39. The first-order valence-corrected chi connectivity index (χ1v) is 10.5. The Kier molecular flexibility index (Phi) is 4.97. The number of hydrogen-bond donors (Lipinski definition) is 2. The average Bonchev–Trinajstić information content (AvgIpc) is 2.70. The predicted octanol–water partition coefficient (Wildman–Crippen LogP) is 0.591. The fourth-order valence-corrected chi connectivity index (χ4v) is 5.73. The van der Waals surface area contributed by atoms with Crippen molar-refractivity contribution in [2.24, 2.45) is 0 Å². The number of para-hydroxylation sites is 1. The van der Waals surface area contributed by atoms with Crippen LogP contribution in [0.5, 0.6) is 0 Å². The highest BCUT2D eigenvalue weighted by atomic mass is 32.2. The fourth-order valence-electron chi connectivity index (χ4n) is 1.81. The molecule has 9 heteroatoms. The van der Waals surface area contributed by atoms with Crippen LogP contribution in [0.15, 0.2) is 40.6 Å². The number of benzene rings is 1. The lowest BCUT2D eigenvalue weighted by molar-refractivity contribution is 0.576. The predicted molar refractivity (Wildman–Crippen MR) is 85.2 cm³/mol. The van der Waals surface area contributed by atoms with Crippen molar-refractivity contribution in [2.75, 3.05) is 23.0 Å². The van der Waals surface area contributed by atoms with Crippen LogP contribution in [0.1, 0.15) is 0 Å². The molecule has 1 atom stereocenters. The zero-order chi connectivity index (χ0) is 15.5. The van der Waals surface area contributed by atoms with Gasteiger partial charge in [0.1, 0.15) is 0 Å². The van der Waals surface area contributed by atoms with E-state index in [4.69, 9.17) is 5.73 Å². The summed E-state index contributed by atoms with van der Waals surface area (Å²) in [6, 6.07) is 6.55. The highest BCUT2D eigenvalue weighted by Crippen LogP contribution is 2.24. The number of anilines is 1. The third kappa shape index (κ3) is 5.03. The Morgan fingerprint density at radius 3 is 2.67 bits per heavy atom. The summed E-state index contributed by atoms with van der Waals surface area (Å²) >= 11 is 1.35. The smallest absolute Gasteiger partial charge is 0.212 e. The minimum absolute atomic E-state index is 0.101. The van der Waals surface area contributed by atoms with E-state index in [1.165, 1.54) is 17.8 Å². The zero-order valence-electron chi connectivity index (χ0n) is 11.1. The molecule has 1 aromatic carbocycles. The van der Waals surface area contributed by atoms with E-state index >= 15 is 0 Å². The first-order valence-electron chi connectivity index (χ1n) is 6.16. The van der Waals surface area contributed by atoms with Gasteiger partial charge in [-0.3, -0.25) is 0 Å². The van der Waals surface area contributed by atoms with E-state index in [2.05, 4.69) is 4.72 Å². The van der Waals surface area contributed by atoms with Gasteiger partial charge in [0.15, 0.2) is 9.84 Å². The highest BCUT2D eigenvalue weighted by Gasteiger charge is 2.25. The van der Waals surface area contributed by atoms with Gasteiger partial charge < -0.3 is 5.73 Å². The van der Waals surface area contributed by atoms with Crippen molar-refractivity contribution in [3.05, 3.63) is 35.7 Å². The van der Waals surface area contributed by atoms with Gasteiger partial charge in [-0.05, 0) is 12.1 Å². The van der Waals surface area contributed by atoms with Gasteiger partial charge in [0, 0.05) is 21.7 Å². The number of hydrogen-bond acceptors (Lipinski definition) is 6. The third-order valence-corrected chi connectivity index (χ3v) is 6.94. The van der Waals surface area contributed by atoms with Crippen molar-refractivity contribution in [1.82, 2.24) is 4.72 Å². The van der Waals surface area contributed by atoms with Crippen molar-refractivity contribution in [3.63, 3.8) is 0 Å². The summed E-state index contributed by atoms with van der Waals surface area (Å²) in [6.45, 7) is 0. The molecule has 0 amide bonds. The summed E-state index contributed by atoms with van der Waals surface area (Å²) in [4.78, 5) is 0.830. The molecule has 0 spiro atoms.